The largest absolute Gasteiger partial charge is 0.351 e. The van der Waals surface area contributed by atoms with Crippen molar-refractivity contribution in [3.05, 3.63) is 0 Å². The van der Waals surface area contributed by atoms with Gasteiger partial charge in [0.1, 0.15) is 0 Å². The van der Waals surface area contributed by atoms with Crippen molar-refractivity contribution in [1.82, 2.24) is 10.2 Å². The number of rotatable bonds is 6. The van der Waals surface area contributed by atoms with Gasteiger partial charge in [-0.2, -0.15) is 0 Å². The van der Waals surface area contributed by atoms with Crippen molar-refractivity contribution in [2.45, 2.75) is 64.7 Å². The molecular formula is C19H33N3O2. The van der Waals surface area contributed by atoms with Crippen LogP contribution in [-0.2, 0) is 0 Å². The van der Waals surface area contributed by atoms with Gasteiger partial charge in [-0.15, -0.1) is 0 Å². The van der Waals surface area contributed by atoms with E-state index in [2.05, 4.69) is 12.2 Å². The van der Waals surface area contributed by atoms with Gasteiger partial charge in [-0.05, 0) is 55.3 Å². The van der Waals surface area contributed by atoms with Gasteiger partial charge in [-0.3, -0.25) is 0 Å². The maximum absolute atomic E-state index is 12.5. The molecule has 3 N–H and O–H groups in total. The molecule has 3 rings (SSSR count). The van der Waals surface area contributed by atoms with Crippen LogP contribution in [0, 0.1) is 29.6 Å². The van der Waals surface area contributed by atoms with E-state index in [0.29, 0.717) is 30.8 Å². The van der Waals surface area contributed by atoms with Gasteiger partial charge in [-0.1, -0.05) is 39.0 Å². The number of amides is 4. The number of nitrogens with zero attached hydrogens (tertiary/aromatic N) is 1. The molecule has 3 fully saturated rings. The van der Waals surface area contributed by atoms with E-state index in [1.165, 1.54) is 49.8 Å². The molecule has 4 amide bonds. The number of hydrogen-bond acceptors (Lipinski definition) is 2. The van der Waals surface area contributed by atoms with Crippen LogP contribution in [0.15, 0.2) is 0 Å². The average Bonchev–Trinajstić information content (AvgIpc) is 3.27. The Balaban J connectivity index is 1.50. The van der Waals surface area contributed by atoms with Crippen LogP contribution in [0.3, 0.4) is 0 Å². The molecule has 3 aliphatic carbocycles. The lowest BCUT2D eigenvalue weighted by molar-refractivity contribution is 0.174. The van der Waals surface area contributed by atoms with Crippen molar-refractivity contribution >= 4 is 12.1 Å². The van der Waals surface area contributed by atoms with Crippen molar-refractivity contribution in [3.63, 3.8) is 0 Å². The minimum atomic E-state index is -0.609. The van der Waals surface area contributed by atoms with Crippen LogP contribution in [0.4, 0.5) is 9.59 Å². The second kappa shape index (κ2) is 7.75. The number of fused-ring (bicyclic) bond motifs is 2. The molecule has 136 valence electrons. The van der Waals surface area contributed by atoms with E-state index in [0.717, 1.165) is 24.7 Å². The minimum absolute atomic E-state index is 0.285. The van der Waals surface area contributed by atoms with E-state index >= 15 is 0 Å². The predicted octanol–water partition coefficient (Wildman–Crippen LogP) is 3.73. The molecule has 2 bridgehead atoms. The van der Waals surface area contributed by atoms with Crippen LogP contribution in [-0.4, -0.2) is 30.1 Å². The molecule has 0 saturated heterocycles. The summed E-state index contributed by atoms with van der Waals surface area (Å²) in [5.41, 5.74) is 5.51. The van der Waals surface area contributed by atoms with Crippen LogP contribution in [0.5, 0.6) is 0 Å². The molecule has 0 spiro atoms. The first-order chi connectivity index (χ1) is 11.6. The summed E-state index contributed by atoms with van der Waals surface area (Å²) in [5, 5.41) is 3.00. The Morgan fingerprint density at radius 1 is 1.08 bits per heavy atom. The number of carbonyl (C=O) groups is 2. The fourth-order valence-corrected chi connectivity index (χ4v) is 5.55. The van der Waals surface area contributed by atoms with E-state index in [4.69, 9.17) is 5.73 Å². The highest BCUT2D eigenvalue weighted by molar-refractivity contribution is 5.92. The van der Waals surface area contributed by atoms with Crippen molar-refractivity contribution in [3.8, 4) is 0 Å². The van der Waals surface area contributed by atoms with E-state index in [1.54, 1.807) is 0 Å². The number of nitrogens with two attached hydrogens (primary N) is 1. The van der Waals surface area contributed by atoms with Gasteiger partial charge in [-0.25, -0.2) is 14.5 Å². The average molecular weight is 335 g/mol. The third-order valence-electron chi connectivity index (χ3n) is 6.80. The molecule has 3 aliphatic rings. The Hall–Kier alpha value is -1.26. The van der Waals surface area contributed by atoms with Gasteiger partial charge < -0.3 is 11.1 Å². The molecular weight excluding hydrogens is 302 g/mol. The lowest BCUT2D eigenvalue weighted by Crippen LogP contribution is -2.50. The van der Waals surface area contributed by atoms with Crippen molar-refractivity contribution in [2.24, 2.45) is 35.3 Å². The number of hydrogen-bond donors (Lipinski definition) is 2. The molecule has 0 aromatic heterocycles. The van der Waals surface area contributed by atoms with Crippen molar-refractivity contribution < 1.29 is 9.59 Å². The van der Waals surface area contributed by atoms with Crippen molar-refractivity contribution in [1.29, 1.82) is 0 Å². The van der Waals surface area contributed by atoms with Crippen LogP contribution in [0.25, 0.3) is 0 Å². The van der Waals surface area contributed by atoms with E-state index < -0.39 is 6.03 Å². The van der Waals surface area contributed by atoms with Crippen LogP contribution < -0.4 is 11.1 Å². The predicted molar refractivity (Wildman–Crippen MR) is 94.4 cm³/mol. The van der Waals surface area contributed by atoms with Crippen molar-refractivity contribution in [2.75, 3.05) is 13.1 Å². The molecule has 0 heterocycles. The summed E-state index contributed by atoms with van der Waals surface area (Å²) in [6.45, 7) is 3.39. The lowest BCUT2D eigenvalue weighted by Gasteiger charge is -2.28. The lowest BCUT2D eigenvalue weighted by atomic mass is 9.89. The van der Waals surface area contributed by atoms with Gasteiger partial charge >= 0.3 is 12.1 Å². The maximum Gasteiger partial charge on any atom is 0.325 e. The highest BCUT2D eigenvalue weighted by Crippen LogP contribution is 2.47. The topological polar surface area (TPSA) is 75.4 Å². The summed E-state index contributed by atoms with van der Waals surface area (Å²) in [7, 11) is 0. The van der Waals surface area contributed by atoms with Gasteiger partial charge in [0.2, 0.25) is 0 Å². The fourth-order valence-electron chi connectivity index (χ4n) is 5.55. The summed E-state index contributed by atoms with van der Waals surface area (Å²) < 4.78 is 0. The third-order valence-corrected chi connectivity index (χ3v) is 6.80. The maximum atomic E-state index is 12.5. The Kier molecular flexibility index (Phi) is 5.67. The Morgan fingerprint density at radius 3 is 2.50 bits per heavy atom. The molecule has 5 nitrogen and oxygen atoms in total. The second-order valence-corrected chi connectivity index (χ2v) is 8.31. The molecule has 0 aromatic rings. The van der Waals surface area contributed by atoms with Crippen LogP contribution in [0.2, 0.25) is 0 Å². The molecule has 5 unspecified atom stereocenters. The Bertz CT molecular complexity index is 468. The molecule has 0 aromatic carbocycles. The summed E-state index contributed by atoms with van der Waals surface area (Å²) in [5.74, 6) is 3.31. The minimum Gasteiger partial charge on any atom is -0.351 e. The summed E-state index contributed by atoms with van der Waals surface area (Å²) in [4.78, 5) is 25.6. The SMILES string of the molecule is CCCC1CCCC1CN(C(N)=O)C(=O)NCC1CC2CCC1C2. The van der Waals surface area contributed by atoms with Crippen LogP contribution >= 0.6 is 0 Å². The molecule has 5 atom stereocenters. The first-order valence-electron chi connectivity index (χ1n) is 9.93. The molecule has 24 heavy (non-hydrogen) atoms. The molecule has 0 radical (unpaired) electrons. The number of carbonyl (C=O) groups excluding carboxylic acids is 2. The Morgan fingerprint density at radius 2 is 1.88 bits per heavy atom. The molecule has 5 heteroatoms. The smallest absolute Gasteiger partial charge is 0.325 e. The quantitative estimate of drug-likeness (QED) is 0.776. The number of urea groups is 2. The fraction of sp³-hybridized carbons (Fsp3) is 0.895. The summed E-state index contributed by atoms with van der Waals surface area (Å²) in [6.07, 6.45) is 11.1. The zero-order chi connectivity index (χ0) is 17.1. The zero-order valence-corrected chi connectivity index (χ0v) is 15.0. The van der Waals surface area contributed by atoms with Crippen LogP contribution in [0.1, 0.15) is 64.7 Å². The first-order valence-corrected chi connectivity index (χ1v) is 9.93. The highest BCUT2D eigenvalue weighted by atomic mass is 16.2. The Labute approximate surface area is 145 Å². The normalized spacial score (nSPS) is 34.5. The third kappa shape index (κ3) is 3.86. The monoisotopic (exact) mass is 335 g/mol. The van der Waals surface area contributed by atoms with Gasteiger partial charge in [0.15, 0.2) is 0 Å². The van der Waals surface area contributed by atoms with E-state index in [-0.39, 0.29) is 6.03 Å². The number of primary amides is 1. The van der Waals surface area contributed by atoms with Gasteiger partial charge in [0.05, 0.1) is 0 Å². The summed E-state index contributed by atoms with van der Waals surface area (Å²) in [6, 6.07) is -0.894. The molecule has 0 aliphatic heterocycles. The number of imide groups is 1. The van der Waals surface area contributed by atoms with E-state index in [9.17, 15) is 9.59 Å². The zero-order valence-electron chi connectivity index (χ0n) is 15.0. The summed E-state index contributed by atoms with van der Waals surface area (Å²) >= 11 is 0. The standard InChI is InChI=1S/C19H33N3O2/c1-2-4-14-5-3-6-16(14)12-22(18(20)23)19(24)21-11-17-10-13-7-8-15(17)9-13/h13-17H,2-12H2,1H3,(H2,20,23)(H,21,24). The second-order valence-electron chi connectivity index (χ2n) is 8.31. The van der Waals surface area contributed by atoms with E-state index in [1.807, 2.05) is 0 Å². The number of nitrogens with one attached hydrogen (secondary N) is 1. The molecule has 3 saturated carbocycles. The van der Waals surface area contributed by atoms with Gasteiger partial charge in [0.25, 0.3) is 0 Å². The first kappa shape index (κ1) is 17.6. The highest BCUT2D eigenvalue weighted by Gasteiger charge is 2.39. The van der Waals surface area contributed by atoms with Gasteiger partial charge in [0, 0.05) is 13.1 Å².